The zero-order chi connectivity index (χ0) is 18.8. The summed E-state index contributed by atoms with van der Waals surface area (Å²) in [6.45, 7) is -0.0265. The summed E-state index contributed by atoms with van der Waals surface area (Å²) < 4.78 is 0. The molecule has 0 fully saturated rings. The first kappa shape index (κ1) is 19.6. The van der Waals surface area contributed by atoms with Gasteiger partial charge in [0.1, 0.15) is 6.04 Å². The molecular formula is C20H25N3O3. The molecule has 0 aliphatic rings. The van der Waals surface area contributed by atoms with E-state index in [1.165, 1.54) is 0 Å². The van der Waals surface area contributed by atoms with E-state index in [0.29, 0.717) is 12.8 Å². The van der Waals surface area contributed by atoms with Gasteiger partial charge in [0.25, 0.3) is 0 Å². The third-order valence-corrected chi connectivity index (χ3v) is 3.96. The Bertz CT molecular complexity index is 692. The topological polar surface area (TPSA) is 104 Å². The molecule has 26 heavy (non-hydrogen) atoms. The second-order valence-electron chi connectivity index (χ2n) is 6.06. The number of carbonyl (C=O) groups excluding carboxylic acids is 2. The van der Waals surface area contributed by atoms with E-state index >= 15 is 0 Å². The summed E-state index contributed by atoms with van der Waals surface area (Å²) >= 11 is 0. The highest BCUT2D eigenvalue weighted by atomic mass is 16.3. The van der Waals surface area contributed by atoms with Crippen LogP contribution in [-0.2, 0) is 22.4 Å². The van der Waals surface area contributed by atoms with Crippen LogP contribution in [0.2, 0.25) is 0 Å². The molecule has 0 heterocycles. The maximum atomic E-state index is 12.5. The summed E-state index contributed by atoms with van der Waals surface area (Å²) in [5.41, 5.74) is 7.89. The second kappa shape index (κ2) is 10.3. The molecule has 2 amide bonds. The quantitative estimate of drug-likeness (QED) is 0.522. The molecule has 0 unspecified atom stereocenters. The Morgan fingerprint density at radius 2 is 1.42 bits per heavy atom. The van der Waals surface area contributed by atoms with Gasteiger partial charge in [-0.05, 0) is 17.5 Å². The molecule has 6 heteroatoms. The van der Waals surface area contributed by atoms with Crippen molar-refractivity contribution >= 4 is 11.8 Å². The predicted octanol–water partition coefficient (Wildman–Crippen LogP) is 0.392. The van der Waals surface area contributed by atoms with Crippen molar-refractivity contribution in [2.24, 2.45) is 5.73 Å². The number of nitrogens with two attached hydrogens (primary N) is 1. The lowest BCUT2D eigenvalue weighted by Crippen LogP contribution is -2.53. The molecular weight excluding hydrogens is 330 g/mol. The van der Waals surface area contributed by atoms with E-state index in [9.17, 15) is 9.59 Å². The molecule has 0 saturated carbocycles. The highest BCUT2D eigenvalue weighted by Crippen LogP contribution is 2.06. The van der Waals surface area contributed by atoms with Crippen LogP contribution in [0.1, 0.15) is 11.1 Å². The minimum atomic E-state index is -0.752. The molecule has 0 spiro atoms. The zero-order valence-corrected chi connectivity index (χ0v) is 14.6. The van der Waals surface area contributed by atoms with Gasteiger partial charge in [-0.1, -0.05) is 60.7 Å². The maximum Gasteiger partial charge on any atom is 0.243 e. The van der Waals surface area contributed by atoms with Crippen molar-refractivity contribution < 1.29 is 14.7 Å². The minimum absolute atomic E-state index is 0.135. The highest BCUT2D eigenvalue weighted by Gasteiger charge is 2.24. The Morgan fingerprint density at radius 1 is 0.885 bits per heavy atom. The van der Waals surface area contributed by atoms with Crippen LogP contribution in [0.4, 0.5) is 0 Å². The SMILES string of the molecule is N[C@@H](Cc1ccccc1)C(=O)N[C@@H](Cc1ccccc1)C(=O)NCCO. The summed E-state index contributed by atoms with van der Waals surface area (Å²) in [5, 5.41) is 14.2. The molecule has 2 atom stereocenters. The number of amides is 2. The van der Waals surface area contributed by atoms with Crippen molar-refractivity contribution in [3.05, 3.63) is 71.8 Å². The maximum absolute atomic E-state index is 12.5. The Morgan fingerprint density at radius 3 is 1.96 bits per heavy atom. The van der Waals surface area contributed by atoms with Gasteiger partial charge in [-0.25, -0.2) is 0 Å². The number of carbonyl (C=O) groups is 2. The van der Waals surface area contributed by atoms with Crippen LogP contribution in [0.15, 0.2) is 60.7 Å². The lowest BCUT2D eigenvalue weighted by Gasteiger charge is -2.21. The highest BCUT2D eigenvalue weighted by molar-refractivity contribution is 5.90. The number of aliphatic hydroxyl groups excluding tert-OH is 1. The van der Waals surface area contributed by atoms with E-state index in [0.717, 1.165) is 11.1 Å². The number of nitrogens with one attached hydrogen (secondary N) is 2. The lowest BCUT2D eigenvalue weighted by atomic mass is 10.0. The molecule has 2 aromatic carbocycles. The van der Waals surface area contributed by atoms with Crippen molar-refractivity contribution in [3.8, 4) is 0 Å². The van der Waals surface area contributed by atoms with Crippen molar-refractivity contribution in [2.75, 3.05) is 13.2 Å². The molecule has 0 radical (unpaired) electrons. The average molecular weight is 355 g/mol. The molecule has 6 nitrogen and oxygen atoms in total. The van der Waals surface area contributed by atoms with Crippen LogP contribution in [-0.4, -0.2) is 42.2 Å². The van der Waals surface area contributed by atoms with Crippen LogP contribution >= 0.6 is 0 Å². The van der Waals surface area contributed by atoms with Gasteiger partial charge >= 0.3 is 0 Å². The molecule has 0 aliphatic heterocycles. The fraction of sp³-hybridized carbons (Fsp3) is 0.300. The summed E-state index contributed by atoms with van der Waals surface area (Å²) in [7, 11) is 0. The van der Waals surface area contributed by atoms with Crippen molar-refractivity contribution in [3.63, 3.8) is 0 Å². The monoisotopic (exact) mass is 355 g/mol. The Kier molecular flexibility index (Phi) is 7.79. The number of rotatable bonds is 9. The predicted molar refractivity (Wildman–Crippen MR) is 100 cm³/mol. The van der Waals surface area contributed by atoms with E-state index in [1.807, 2.05) is 60.7 Å². The molecule has 2 rings (SSSR count). The van der Waals surface area contributed by atoms with Gasteiger partial charge in [0.15, 0.2) is 0 Å². The summed E-state index contributed by atoms with van der Waals surface area (Å²) in [4.78, 5) is 24.8. The van der Waals surface area contributed by atoms with Crippen LogP contribution in [0.5, 0.6) is 0 Å². The van der Waals surface area contributed by atoms with E-state index in [2.05, 4.69) is 10.6 Å². The van der Waals surface area contributed by atoms with Crippen LogP contribution in [0, 0.1) is 0 Å². The van der Waals surface area contributed by atoms with E-state index in [1.54, 1.807) is 0 Å². The van der Waals surface area contributed by atoms with Gasteiger partial charge in [-0.15, -0.1) is 0 Å². The molecule has 0 aromatic heterocycles. The Balaban J connectivity index is 2.01. The fourth-order valence-corrected chi connectivity index (χ4v) is 2.60. The molecule has 0 saturated heterocycles. The van der Waals surface area contributed by atoms with E-state index in [-0.39, 0.29) is 25.0 Å². The van der Waals surface area contributed by atoms with Crippen LogP contribution in [0.25, 0.3) is 0 Å². The first-order chi connectivity index (χ1) is 12.6. The van der Waals surface area contributed by atoms with Crippen molar-refractivity contribution in [2.45, 2.75) is 24.9 Å². The standard InChI is InChI=1S/C20H25N3O3/c21-17(13-15-7-3-1-4-8-15)19(25)23-18(20(26)22-11-12-24)14-16-9-5-2-6-10-16/h1-10,17-18,24H,11-14,21H2,(H,22,26)(H,23,25)/t17-,18-/m0/s1. The number of aliphatic hydroxyl groups is 1. The molecule has 5 N–H and O–H groups in total. The third-order valence-electron chi connectivity index (χ3n) is 3.96. The van der Waals surface area contributed by atoms with E-state index in [4.69, 9.17) is 10.8 Å². The number of benzene rings is 2. The molecule has 138 valence electrons. The molecule has 0 bridgehead atoms. The van der Waals surface area contributed by atoms with Gasteiger partial charge < -0.3 is 21.5 Å². The van der Waals surface area contributed by atoms with Gasteiger partial charge in [0, 0.05) is 13.0 Å². The van der Waals surface area contributed by atoms with Crippen molar-refractivity contribution in [1.82, 2.24) is 10.6 Å². The summed E-state index contributed by atoms with van der Waals surface area (Å²) in [6.07, 6.45) is 0.741. The average Bonchev–Trinajstić information content (AvgIpc) is 2.67. The normalized spacial score (nSPS) is 12.8. The second-order valence-corrected chi connectivity index (χ2v) is 6.06. The summed E-state index contributed by atoms with van der Waals surface area (Å²) in [5.74, 6) is -0.725. The van der Waals surface area contributed by atoms with Crippen LogP contribution in [0.3, 0.4) is 0 Å². The fourth-order valence-electron chi connectivity index (χ4n) is 2.60. The largest absolute Gasteiger partial charge is 0.395 e. The Hall–Kier alpha value is -2.70. The van der Waals surface area contributed by atoms with Gasteiger partial charge in [-0.3, -0.25) is 9.59 Å². The first-order valence-electron chi connectivity index (χ1n) is 8.62. The number of hydrogen-bond donors (Lipinski definition) is 4. The van der Waals surface area contributed by atoms with Crippen molar-refractivity contribution in [1.29, 1.82) is 0 Å². The molecule has 2 aromatic rings. The van der Waals surface area contributed by atoms with Crippen LogP contribution < -0.4 is 16.4 Å². The first-order valence-corrected chi connectivity index (χ1v) is 8.62. The minimum Gasteiger partial charge on any atom is -0.395 e. The zero-order valence-electron chi connectivity index (χ0n) is 14.6. The van der Waals surface area contributed by atoms with Gasteiger partial charge in [-0.2, -0.15) is 0 Å². The van der Waals surface area contributed by atoms with Gasteiger partial charge in [0.05, 0.1) is 12.6 Å². The lowest BCUT2D eigenvalue weighted by molar-refractivity contribution is -0.129. The third kappa shape index (κ3) is 6.31. The smallest absolute Gasteiger partial charge is 0.243 e. The Labute approximate surface area is 153 Å². The summed E-state index contributed by atoms with van der Waals surface area (Å²) in [6, 6.07) is 17.4. The van der Waals surface area contributed by atoms with Gasteiger partial charge in [0.2, 0.25) is 11.8 Å². The number of hydrogen-bond acceptors (Lipinski definition) is 4. The van der Waals surface area contributed by atoms with E-state index < -0.39 is 12.1 Å². The molecule has 0 aliphatic carbocycles.